The van der Waals surface area contributed by atoms with Crippen molar-refractivity contribution < 1.29 is 4.79 Å². The lowest BCUT2D eigenvalue weighted by Crippen LogP contribution is -2.45. The minimum atomic E-state index is 0.146. The number of amides is 1. The maximum atomic E-state index is 12.2. The Labute approximate surface area is 111 Å². The normalized spacial score (nSPS) is 40.7. The predicted molar refractivity (Wildman–Crippen MR) is 74.0 cm³/mol. The first-order valence-corrected chi connectivity index (χ1v) is 7.61. The number of carbonyl (C=O) groups excluding carboxylic acids is 1. The second-order valence-electron chi connectivity index (χ2n) is 6.59. The van der Waals surface area contributed by atoms with Crippen LogP contribution in [0.25, 0.3) is 0 Å². The smallest absolute Gasteiger partial charge is 0.223 e. The third-order valence-electron chi connectivity index (χ3n) is 5.07. The highest BCUT2D eigenvalue weighted by Gasteiger charge is 2.33. The summed E-state index contributed by atoms with van der Waals surface area (Å²) < 4.78 is 0. The van der Waals surface area contributed by atoms with Crippen LogP contribution in [0.4, 0.5) is 0 Å². The zero-order chi connectivity index (χ0) is 13.1. The topological polar surface area (TPSA) is 55.1 Å². The Morgan fingerprint density at radius 1 is 1.22 bits per heavy atom. The number of carbonyl (C=O) groups is 1. The molecule has 0 aromatic heterocycles. The highest BCUT2D eigenvalue weighted by atomic mass is 16.1. The Hall–Kier alpha value is -0.570. The third kappa shape index (κ3) is 3.25. The van der Waals surface area contributed by atoms with E-state index in [1.54, 1.807) is 0 Å². The molecule has 1 amide bonds. The van der Waals surface area contributed by atoms with Crippen molar-refractivity contribution in [2.75, 3.05) is 6.54 Å². The first kappa shape index (κ1) is 13.9. The summed E-state index contributed by atoms with van der Waals surface area (Å²) in [4.78, 5) is 12.2. The highest BCUT2D eigenvalue weighted by molar-refractivity contribution is 5.79. The molecular formula is C15H28N2O. The largest absolute Gasteiger partial charge is 0.356 e. The summed E-state index contributed by atoms with van der Waals surface area (Å²) in [6.45, 7) is 5.32. The van der Waals surface area contributed by atoms with Gasteiger partial charge in [-0.2, -0.15) is 0 Å². The summed E-state index contributed by atoms with van der Waals surface area (Å²) in [6, 6.07) is 0.209. The zero-order valence-electron chi connectivity index (χ0n) is 11.8. The molecule has 0 spiro atoms. The van der Waals surface area contributed by atoms with Crippen LogP contribution in [0.1, 0.15) is 52.4 Å². The molecule has 0 aromatic carbocycles. The van der Waals surface area contributed by atoms with Gasteiger partial charge in [0.1, 0.15) is 0 Å². The number of hydrogen-bond donors (Lipinski definition) is 2. The van der Waals surface area contributed by atoms with Gasteiger partial charge in [-0.05, 0) is 43.4 Å². The van der Waals surface area contributed by atoms with E-state index in [4.69, 9.17) is 5.73 Å². The molecule has 3 nitrogen and oxygen atoms in total. The maximum absolute atomic E-state index is 12.2. The van der Waals surface area contributed by atoms with Crippen molar-refractivity contribution in [2.45, 2.75) is 58.4 Å². The van der Waals surface area contributed by atoms with E-state index >= 15 is 0 Å². The average molecular weight is 252 g/mol. The zero-order valence-corrected chi connectivity index (χ0v) is 11.8. The number of hydrogen-bond acceptors (Lipinski definition) is 2. The highest BCUT2D eigenvalue weighted by Crippen LogP contribution is 2.31. The third-order valence-corrected chi connectivity index (χ3v) is 5.07. The lowest BCUT2D eigenvalue weighted by molar-refractivity contribution is -0.128. The fraction of sp³-hybridized carbons (Fsp3) is 0.933. The molecule has 2 saturated carbocycles. The van der Waals surface area contributed by atoms with Crippen LogP contribution in [0, 0.1) is 23.7 Å². The van der Waals surface area contributed by atoms with E-state index in [1.165, 1.54) is 19.3 Å². The van der Waals surface area contributed by atoms with E-state index < -0.39 is 0 Å². The average Bonchev–Trinajstić information content (AvgIpc) is 2.76. The minimum absolute atomic E-state index is 0.146. The van der Waals surface area contributed by atoms with Gasteiger partial charge in [0.05, 0.1) is 0 Å². The molecule has 0 bridgehead atoms. The van der Waals surface area contributed by atoms with Crippen LogP contribution < -0.4 is 11.1 Å². The van der Waals surface area contributed by atoms with Crippen molar-refractivity contribution >= 4 is 5.91 Å². The quantitative estimate of drug-likeness (QED) is 0.810. The predicted octanol–water partition coefficient (Wildman–Crippen LogP) is 2.30. The Morgan fingerprint density at radius 2 is 2.00 bits per heavy atom. The molecule has 0 saturated heterocycles. The summed E-state index contributed by atoms with van der Waals surface area (Å²) in [7, 11) is 0. The van der Waals surface area contributed by atoms with Crippen LogP contribution in [0.2, 0.25) is 0 Å². The van der Waals surface area contributed by atoms with Gasteiger partial charge in [0.25, 0.3) is 0 Å². The molecule has 3 N–H and O–H groups in total. The molecule has 2 rings (SSSR count). The van der Waals surface area contributed by atoms with Crippen LogP contribution in [-0.4, -0.2) is 18.5 Å². The molecule has 0 radical (unpaired) electrons. The molecule has 104 valence electrons. The Balaban J connectivity index is 1.77. The van der Waals surface area contributed by atoms with E-state index in [0.717, 1.165) is 31.7 Å². The van der Waals surface area contributed by atoms with E-state index in [2.05, 4.69) is 19.2 Å². The van der Waals surface area contributed by atoms with E-state index in [-0.39, 0.29) is 17.9 Å². The van der Waals surface area contributed by atoms with Gasteiger partial charge in [-0.3, -0.25) is 4.79 Å². The molecule has 2 aliphatic carbocycles. The van der Waals surface area contributed by atoms with Crippen molar-refractivity contribution in [3.05, 3.63) is 0 Å². The van der Waals surface area contributed by atoms with Gasteiger partial charge in [0.15, 0.2) is 0 Å². The summed E-state index contributed by atoms with van der Waals surface area (Å²) >= 11 is 0. The van der Waals surface area contributed by atoms with Crippen molar-refractivity contribution in [2.24, 2.45) is 29.4 Å². The molecule has 5 unspecified atom stereocenters. The fourth-order valence-corrected chi connectivity index (χ4v) is 3.65. The molecular weight excluding hydrogens is 224 g/mol. The van der Waals surface area contributed by atoms with Crippen LogP contribution in [-0.2, 0) is 4.79 Å². The second-order valence-corrected chi connectivity index (χ2v) is 6.59. The monoisotopic (exact) mass is 252 g/mol. The fourth-order valence-electron chi connectivity index (χ4n) is 3.65. The van der Waals surface area contributed by atoms with Crippen LogP contribution in [0.5, 0.6) is 0 Å². The number of nitrogens with two attached hydrogens (primary N) is 1. The van der Waals surface area contributed by atoms with Crippen molar-refractivity contribution in [3.63, 3.8) is 0 Å². The van der Waals surface area contributed by atoms with Gasteiger partial charge >= 0.3 is 0 Å². The van der Waals surface area contributed by atoms with Gasteiger partial charge in [-0.25, -0.2) is 0 Å². The first-order valence-electron chi connectivity index (χ1n) is 7.61. The minimum Gasteiger partial charge on any atom is -0.356 e. The van der Waals surface area contributed by atoms with Crippen LogP contribution in [0.3, 0.4) is 0 Å². The molecule has 5 atom stereocenters. The van der Waals surface area contributed by atoms with E-state index in [9.17, 15) is 4.79 Å². The van der Waals surface area contributed by atoms with Gasteiger partial charge in [0.2, 0.25) is 5.91 Å². The maximum Gasteiger partial charge on any atom is 0.223 e. The summed E-state index contributed by atoms with van der Waals surface area (Å²) in [5.41, 5.74) is 6.06. The SMILES string of the molecule is CC1CCC(CNC(=O)C2CCCC(N)C2C)C1. The summed E-state index contributed by atoms with van der Waals surface area (Å²) in [5.74, 6) is 2.27. The second kappa shape index (κ2) is 6.05. The molecule has 3 heteroatoms. The van der Waals surface area contributed by atoms with Gasteiger partial charge in [-0.15, -0.1) is 0 Å². The van der Waals surface area contributed by atoms with Crippen LogP contribution in [0.15, 0.2) is 0 Å². The van der Waals surface area contributed by atoms with Gasteiger partial charge in [-0.1, -0.05) is 26.7 Å². The molecule has 18 heavy (non-hydrogen) atoms. The lowest BCUT2D eigenvalue weighted by Gasteiger charge is -2.33. The molecule has 2 aliphatic rings. The standard InChI is InChI=1S/C15H28N2O/c1-10-6-7-12(8-10)9-17-15(18)13-4-3-5-14(16)11(13)2/h10-14H,3-9,16H2,1-2H3,(H,17,18). The first-order chi connectivity index (χ1) is 8.58. The molecule has 0 aliphatic heterocycles. The van der Waals surface area contributed by atoms with E-state index in [0.29, 0.717) is 11.8 Å². The molecule has 0 aromatic rings. The van der Waals surface area contributed by atoms with Crippen molar-refractivity contribution in [1.29, 1.82) is 0 Å². The van der Waals surface area contributed by atoms with E-state index in [1.807, 2.05) is 0 Å². The van der Waals surface area contributed by atoms with Crippen molar-refractivity contribution in [3.8, 4) is 0 Å². The van der Waals surface area contributed by atoms with Crippen molar-refractivity contribution in [1.82, 2.24) is 5.32 Å². The lowest BCUT2D eigenvalue weighted by atomic mass is 9.77. The Kier molecular flexibility index (Phi) is 4.66. The van der Waals surface area contributed by atoms with Crippen LogP contribution >= 0.6 is 0 Å². The number of nitrogens with one attached hydrogen (secondary N) is 1. The van der Waals surface area contributed by atoms with Gasteiger partial charge in [0, 0.05) is 18.5 Å². The summed E-state index contributed by atoms with van der Waals surface area (Å²) in [6.07, 6.45) is 7.07. The molecule has 2 fully saturated rings. The number of rotatable bonds is 3. The molecule has 0 heterocycles. The Bertz CT molecular complexity index is 292. The van der Waals surface area contributed by atoms with Gasteiger partial charge < -0.3 is 11.1 Å². The Morgan fingerprint density at radius 3 is 2.67 bits per heavy atom. The summed E-state index contributed by atoms with van der Waals surface area (Å²) in [5, 5.41) is 3.17.